The molecule has 2 atom stereocenters. The Morgan fingerprint density at radius 3 is 1.30 bits per heavy atom. The minimum absolute atomic E-state index is 0.0678. The Labute approximate surface area is 300 Å². The van der Waals surface area contributed by atoms with Crippen LogP contribution in [0.4, 0.5) is 0 Å². The SMILES string of the molecule is Cc1c(CC(=O)OC(C)(C)C)ccc2c1CC[C@@H](CC(C)(C)C#N)O2.Cc1c(CC(=O)OC(C)(C)C)ccc2c1CC[C@H](CC(C)(C)C#N)O2. The van der Waals surface area contributed by atoms with Crippen molar-refractivity contribution in [2.24, 2.45) is 10.8 Å². The zero-order chi connectivity index (χ0) is 37.7. The number of hydrogen-bond donors (Lipinski definition) is 0. The standard InChI is InChI=1S/2C21H29NO3/c2*1-14-15(11-19(23)25-20(2,3)4)7-10-18-17(14)9-8-16(24-18)12-21(5,6)13-22/h2*7,10,16H,8-9,11-12H2,1-6H3/t2*16-/m10/s1. The second kappa shape index (κ2) is 15.9. The lowest BCUT2D eigenvalue weighted by atomic mass is 9.84. The van der Waals surface area contributed by atoms with Crippen molar-refractivity contribution in [3.8, 4) is 23.6 Å². The van der Waals surface area contributed by atoms with Crippen LogP contribution in [0.15, 0.2) is 24.3 Å². The van der Waals surface area contributed by atoms with Crippen molar-refractivity contribution in [3.05, 3.63) is 57.6 Å². The highest BCUT2D eigenvalue weighted by atomic mass is 16.6. The molecule has 0 saturated heterocycles. The van der Waals surface area contributed by atoms with Gasteiger partial charge in [0.2, 0.25) is 0 Å². The molecule has 0 amide bonds. The molecule has 2 aromatic carbocycles. The highest BCUT2D eigenvalue weighted by Gasteiger charge is 2.30. The molecule has 2 aliphatic heterocycles. The van der Waals surface area contributed by atoms with E-state index in [9.17, 15) is 20.1 Å². The van der Waals surface area contributed by atoms with Crippen molar-refractivity contribution < 1.29 is 28.5 Å². The Morgan fingerprint density at radius 1 is 0.660 bits per heavy atom. The molecule has 0 spiro atoms. The zero-order valence-corrected chi connectivity index (χ0v) is 32.5. The van der Waals surface area contributed by atoms with Crippen LogP contribution in [-0.4, -0.2) is 35.3 Å². The lowest BCUT2D eigenvalue weighted by Crippen LogP contribution is -2.29. The van der Waals surface area contributed by atoms with Crippen LogP contribution >= 0.6 is 0 Å². The summed E-state index contributed by atoms with van der Waals surface area (Å²) in [4.78, 5) is 24.2. The first-order valence-electron chi connectivity index (χ1n) is 17.8. The van der Waals surface area contributed by atoms with E-state index >= 15 is 0 Å². The van der Waals surface area contributed by atoms with Crippen molar-refractivity contribution in [1.82, 2.24) is 0 Å². The Morgan fingerprint density at radius 2 is 1.00 bits per heavy atom. The van der Waals surface area contributed by atoms with Crippen LogP contribution in [0.1, 0.15) is 128 Å². The largest absolute Gasteiger partial charge is 0.490 e. The topological polar surface area (TPSA) is 119 Å². The van der Waals surface area contributed by atoms with Crippen LogP contribution in [-0.2, 0) is 44.7 Å². The number of carbonyl (C=O) groups excluding carboxylic acids is 2. The third-order valence-corrected chi connectivity index (χ3v) is 8.95. The fourth-order valence-electron chi connectivity index (χ4n) is 6.46. The maximum absolute atomic E-state index is 12.1. The van der Waals surface area contributed by atoms with Crippen molar-refractivity contribution in [2.75, 3.05) is 0 Å². The second-order valence-electron chi connectivity index (χ2n) is 17.1. The summed E-state index contributed by atoms with van der Waals surface area (Å²) in [5.41, 5.74) is 4.86. The molecule has 0 unspecified atom stereocenters. The second-order valence-corrected chi connectivity index (χ2v) is 17.1. The minimum atomic E-state index is -0.469. The van der Waals surface area contributed by atoms with Gasteiger partial charge < -0.3 is 18.9 Å². The lowest BCUT2D eigenvalue weighted by Gasteiger charge is -2.31. The van der Waals surface area contributed by atoms with Gasteiger partial charge in [-0.25, -0.2) is 0 Å². The van der Waals surface area contributed by atoms with E-state index in [2.05, 4.69) is 12.1 Å². The van der Waals surface area contributed by atoms with Crippen molar-refractivity contribution in [1.29, 1.82) is 10.5 Å². The van der Waals surface area contributed by atoms with Gasteiger partial charge in [0.25, 0.3) is 0 Å². The monoisotopic (exact) mass is 686 g/mol. The van der Waals surface area contributed by atoms with E-state index in [1.807, 2.05) is 107 Å². The van der Waals surface area contributed by atoms with Gasteiger partial charge >= 0.3 is 11.9 Å². The molecule has 0 radical (unpaired) electrons. The predicted molar refractivity (Wildman–Crippen MR) is 195 cm³/mol. The first-order valence-corrected chi connectivity index (χ1v) is 17.8. The van der Waals surface area contributed by atoms with Crippen molar-refractivity contribution in [3.63, 3.8) is 0 Å². The normalized spacial score (nSPS) is 17.2. The summed E-state index contributed by atoms with van der Waals surface area (Å²) < 4.78 is 23.1. The summed E-state index contributed by atoms with van der Waals surface area (Å²) in [5.74, 6) is 1.35. The molecule has 2 aliphatic rings. The fraction of sp³-hybridized carbons (Fsp3) is 0.619. The molecular weight excluding hydrogens is 628 g/mol. The highest BCUT2D eigenvalue weighted by Crippen LogP contribution is 2.37. The fourth-order valence-corrected chi connectivity index (χ4v) is 6.46. The third kappa shape index (κ3) is 12.1. The van der Waals surface area contributed by atoms with E-state index in [0.717, 1.165) is 72.3 Å². The Balaban J connectivity index is 0.000000270. The van der Waals surface area contributed by atoms with Crippen LogP contribution < -0.4 is 9.47 Å². The molecule has 50 heavy (non-hydrogen) atoms. The molecule has 0 saturated carbocycles. The molecule has 8 nitrogen and oxygen atoms in total. The summed E-state index contributed by atoms with van der Waals surface area (Å²) in [6, 6.07) is 12.5. The number of nitriles is 2. The first-order chi connectivity index (χ1) is 23.0. The molecule has 0 N–H and O–H groups in total. The number of nitrogens with zero attached hydrogens (tertiary/aromatic N) is 2. The maximum atomic E-state index is 12.1. The van der Waals surface area contributed by atoms with E-state index in [1.54, 1.807) is 0 Å². The first kappa shape index (κ1) is 40.4. The number of carbonyl (C=O) groups is 2. The highest BCUT2D eigenvalue weighted by molar-refractivity contribution is 5.74. The summed E-state index contributed by atoms with van der Waals surface area (Å²) >= 11 is 0. The summed E-state index contributed by atoms with van der Waals surface area (Å²) in [6.07, 6.45) is 5.76. The van der Waals surface area contributed by atoms with Gasteiger partial charge in [0.1, 0.15) is 34.9 Å². The van der Waals surface area contributed by atoms with Gasteiger partial charge in [-0.2, -0.15) is 10.5 Å². The van der Waals surface area contributed by atoms with E-state index in [1.165, 1.54) is 11.1 Å². The number of esters is 2. The maximum Gasteiger partial charge on any atom is 0.310 e. The minimum Gasteiger partial charge on any atom is -0.490 e. The molecule has 4 rings (SSSR count). The summed E-state index contributed by atoms with van der Waals surface area (Å²) in [6.45, 7) is 23.1. The van der Waals surface area contributed by atoms with E-state index in [-0.39, 0.29) is 47.8 Å². The molecule has 2 heterocycles. The Bertz CT molecular complexity index is 1510. The summed E-state index contributed by atoms with van der Waals surface area (Å²) in [5, 5.41) is 18.4. The van der Waals surface area contributed by atoms with Gasteiger partial charge in [0.15, 0.2) is 0 Å². The smallest absolute Gasteiger partial charge is 0.310 e. The van der Waals surface area contributed by atoms with E-state index in [0.29, 0.717) is 0 Å². The van der Waals surface area contributed by atoms with Crippen molar-refractivity contribution >= 4 is 11.9 Å². The Hall–Kier alpha value is -4.04. The Kier molecular flexibility index (Phi) is 12.8. The van der Waals surface area contributed by atoms with Gasteiger partial charge in [-0.1, -0.05) is 12.1 Å². The molecule has 0 bridgehead atoms. The number of hydrogen-bond acceptors (Lipinski definition) is 8. The molecule has 272 valence electrons. The average Bonchev–Trinajstić information content (AvgIpc) is 2.98. The lowest BCUT2D eigenvalue weighted by molar-refractivity contribution is -0.155. The molecule has 0 aliphatic carbocycles. The van der Waals surface area contributed by atoms with E-state index < -0.39 is 11.2 Å². The van der Waals surface area contributed by atoms with Crippen LogP contribution in [0.25, 0.3) is 0 Å². The molecule has 2 aromatic rings. The van der Waals surface area contributed by atoms with Gasteiger partial charge in [-0.3, -0.25) is 9.59 Å². The van der Waals surface area contributed by atoms with Crippen LogP contribution in [0.2, 0.25) is 0 Å². The molecule has 0 aromatic heterocycles. The van der Waals surface area contributed by atoms with Gasteiger partial charge in [0.05, 0.1) is 35.8 Å². The summed E-state index contributed by atoms with van der Waals surface area (Å²) in [7, 11) is 0. The number of ether oxygens (including phenoxy) is 4. The van der Waals surface area contributed by atoms with E-state index in [4.69, 9.17) is 18.9 Å². The van der Waals surface area contributed by atoms with Crippen LogP contribution in [0, 0.1) is 47.3 Å². The molecule has 0 fully saturated rings. The molecule has 8 heteroatoms. The quantitative estimate of drug-likeness (QED) is 0.253. The van der Waals surface area contributed by atoms with Gasteiger partial charge in [-0.05, 0) is 154 Å². The van der Waals surface area contributed by atoms with Gasteiger partial charge in [-0.15, -0.1) is 0 Å². The van der Waals surface area contributed by atoms with Gasteiger partial charge in [0, 0.05) is 12.8 Å². The zero-order valence-electron chi connectivity index (χ0n) is 32.5. The number of benzene rings is 2. The number of rotatable bonds is 8. The molecular formula is C42H58N2O6. The number of fused-ring (bicyclic) bond motifs is 2. The predicted octanol–water partition coefficient (Wildman–Crippen LogP) is 9.03. The third-order valence-electron chi connectivity index (χ3n) is 8.95. The average molecular weight is 687 g/mol. The van der Waals surface area contributed by atoms with Crippen LogP contribution in [0.5, 0.6) is 11.5 Å². The van der Waals surface area contributed by atoms with Crippen molar-refractivity contribution in [2.45, 2.75) is 158 Å². The van der Waals surface area contributed by atoms with Crippen LogP contribution in [0.3, 0.4) is 0 Å².